The zero-order valence-electron chi connectivity index (χ0n) is 21.0. The van der Waals surface area contributed by atoms with E-state index in [1.807, 2.05) is 6.92 Å². The van der Waals surface area contributed by atoms with Gasteiger partial charge in [-0.25, -0.2) is 0 Å². The van der Waals surface area contributed by atoms with E-state index < -0.39 is 14.6 Å². The van der Waals surface area contributed by atoms with Crippen LogP contribution in [-0.2, 0) is 13.4 Å². The van der Waals surface area contributed by atoms with Gasteiger partial charge in [-0.05, 0) is 73.1 Å². The molecule has 0 heterocycles. The molecular formula is C20H45N3O6P2S. The highest BCUT2D eigenvalue weighted by Crippen LogP contribution is 2.59. The lowest BCUT2D eigenvalue weighted by Crippen LogP contribution is -2.17. The molecule has 0 amide bonds. The Bertz CT molecular complexity index is 729. The minimum absolute atomic E-state index is 0. The summed E-state index contributed by atoms with van der Waals surface area (Å²) >= 11 is 0.298. The van der Waals surface area contributed by atoms with Gasteiger partial charge in [-0.1, -0.05) is 58.0 Å². The molecule has 0 aliphatic heterocycles. The van der Waals surface area contributed by atoms with E-state index in [2.05, 4.69) is 50.2 Å². The predicted octanol–water partition coefficient (Wildman–Crippen LogP) is 6.31. The van der Waals surface area contributed by atoms with Gasteiger partial charge in [0.1, 0.15) is 0 Å². The zero-order chi connectivity index (χ0) is 22.5. The van der Waals surface area contributed by atoms with Gasteiger partial charge < -0.3 is 37.7 Å². The molecule has 0 aromatic carbocycles. The Balaban J connectivity index is -0.00000131. The van der Waals surface area contributed by atoms with Crippen LogP contribution in [0.3, 0.4) is 0 Å². The molecule has 1 unspecified atom stereocenters. The normalized spacial score (nSPS) is 14.4. The van der Waals surface area contributed by atoms with Crippen molar-refractivity contribution in [2.24, 2.45) is 0 Å². The van der Waals surface area contributed by atoms with Gasteiger partial charge in [0, 0.05) is 5.75 Å². The number of phosphoric acid groups is 1. The van der Waals surface area contributed by atoms with Crippen molar-refractivity contribution in [1.82, 2.24) is 18.5 Å². The summed E-state index contributed by atoms with van der Waals surface area (Å²) in [5, 5.41) is 0. The van der Waals surface area contributed by atoms with E-state index in [0.29, 0.717) is 11.4 Å². The average molecular weight is 518 g/mol. The highest BCUT2D eigenvalue weighted by molar-refractivity contribution is 8.54. The maximum Gasteiger partial charge on any atom is 0.196 e. The Kier molecular flexibility index (Phi) is 24.1. The lowest BCUT2D eigenvalue weighted by Gasteiger charge is -2.35. The number of rotatable bonds is 14. The SMILES string of the molecule is CC(C)=CCC/C(C)=C/CC/C(C)=C/CC/C(C)=C/CSP(=O)([O-])OP(=O)([O-])[O-].[NH4+].[NH4+].[NH4+]. The topological polar surface area (TPSA) is 222 Å². The Morgan fingerprint density at radius 1 is 0.719 bits per heavy atom. The highest BCUT2D eigenvalue weighted by Gasteiger charge is 2.10. The van der Waals surface area contributed by atoms with Gasteiger partial charge >= 0.3 is 0 Å². The van der Waals surface area contributed by atoms with E-state index >= 15 is 0 Å². The van der Waals surface area contributed by atoms with Crippen LogP contribution in [0.15, 0.2) is 46.6 Å². The minimum atomic E-state index is -5.54. The van der Waals surface area contributed by atoms with Crippen LogP contribution in [0.4, 0.5) is 0 Å². The Morgan fingerprint density at radius 3 is 1.47 bits per heavy atom. The first-order valence-electron chi connectivity index (χ1n) is 9.60. The van der Waals surface area contributed by atoms with Crippen LogP contribution < -0.4 is 33.1 Å². The fourth-order valence-corrected chi connectivity index (χ4v) is 6.04. The largest absolute Gasteiger partial charge is 0.790 e. The summed E-state index contributed by atoms with van der Waals surface area (Å²) in [5.41, 5.74) is 5.07. The van der Waals surface area contributed by atoms with Crippen molar-refractivity contribution in [3.63, 3.8) is 0 Å². The molecule has 192 valence electrons. The van der Waals surface area contributed by atoms with Crippen molar-refractivity contribution < 1.29 is 28.1 Å². The van der Waals surface area contributed by atoms with Crippen LogP contribution in [0, 0.1) is 0 Å². The lowest BCUT2D eigenvalue weighted by molar-refractivity contribution is -0.337. The molecule has 0 aromatic rings. The lowest BCUT2D eigenvalue weighted by atomic mass is 10.0. The van der Waals surface area contributed by atoms with E-state index in [1.165, 1.54) is 16.7 Å². The van der Waals surface area contributed by atoms with Crippen molar-refractivity contribution in [3.05, 3.63) is 46.6 Å². The van der Waals surface area contributed by atoms with Crippen LogP contribution in [-0.4, -0.2) is 5.75 Å². The molecule has 0 bridgehead atoms. The standard InChI is InChI=1S/C20H36O6P2S.3H3N/c1-17(2)9-6-10-18(3)11-7-12-19(4)13-8-14-20(5)15-16-29-28(24,25)26-27(21,22)23;;;/h9,11,13,15H,6-8,10,12,14,16H2,1-5H3,(H,24,25)(H2,21,22,23);3*1H3/b18-11+,19-13+,20-15+;;;. The average Bonchev–Trinajstić information content (AvgIpc) is 2.51. The summed E-state index contributed by atoms with van der Waals surface area (Å²) in [6.45, 7) is 5.65. The van der Waals surface area contributed by atoms with Crippen molar-refractivity contribution in [1.29, 1.82) is 0 Å². The smallest absolute Gasteiger partial charge is 0.196 e. The Hall–Kier alpha value is -0.510. The number of hydrogen-bond acceptors (Lipinski definition) is 7. The second kappa shape index (κ2) is 19.9. The molecule has 0 spiro atoms. The number of allylic oxidation sites excluding steroid dienone is 7. The van der Waals surface area contributed by atoms with Crippen molar-refractivity contribution >= 4 is 26.0 Å². The van der Waals surface area contributed by atoms with E-state index in [0.717, 1.165) is 44.1 Å². The molecule has 0 radical (unpaired) electrons. The van der Waals surface area contributed by atoms with Gasteiger partial charge in [0.25, 0.3) is 0 Å². The molecule has 0 saturated heterocycles. The summed E-state index contributed by atoms with van der Waals surface area (Å²) in [7, 11) is -5.54. The third-order valence-electron chi connectivity index (χ3n) is 4.02. The highest BCUT2D eigenvalue weighted by atomic mass is 32.7. The summed E-state index contributed by atoms with van der Waals surface area (Å²) in [5.74, 6) is 0.0339. The molecule has 0 fully saturated rings. The monoisotopic (exact) mass is 517 g/mol. The fourth-order valence-electron chi connectivity index (χ4n) is 2.40. The van der Waals surface area contributed by atoms with Gasteiger partial charge in [-0.2, -0.15) is 0 Å². The maximum absolute atomic E-state index is 11.3. The van der Waals surface area contributed by atoms with Gasteiger partial charge in [-0.3, -0.25) is 8.88 Å². The molecule has 0 aliphatic rings. The molecule has 12 heteroatoms. The van der Waals surface area contributed by atoms with Gasteiger partial charge in [-0.15, -0.1) is 0 Å². The van der Waals surface area contributed by atoms with Crippen LogP contribution in [0.5, 0.6) is 0 Å². The third kappa shape index (κ3) is 25.7. The molecule has 1 atom stereocenters. The summed E-state index contributed by atoms with van der Waals surface area (Å²) < 4.78 is 25.3. The van der Waals surface area contributed by atoms with E-state index in [1.54, 1.807) is 6.08 Å². The second-order valence-corrected chi connectivity index (χ2v) is 12.5. The van der Waals surface area contributed by atoms with Crippen molar-refractivity contribution in [2.75, 3.05) is 5.75 Å². The molecular weight excluding hydrogens is 472 g/mol. The molecule has 9 nitrogen and oxygen atoms in total. The molecule has 0 aliphatic carbocycles. The number of hydrogen-bond donors (Lipinski definition) is 3. The van der Waals surface area contributed by atoms with E-state index in [-0.39, 0.29) is 24.2 Å². The first kappa shape index (κ1) is 38.7. The van der Waals surface area contributed by atoms with Crippen molar-refractivity contribution in [3.8, 4) is 0 Å². The quantitative estimate of drug-likeness (QED) is 0.176. The summed E-state index contributed by atoms with van der Waals surface area (Å²) in [6, 6.07) is 0. The summed E-state index contributed by atoms with van der Waals surface area (Å²) in [4.78, 5) is 32.1. The zero-order valence-corrected chi connectivity index (χ0v) is 23.6. The van der Waals surface area contributed by atoms with Crippen LogP contribution in [0.1, 0.15) is 73.1 Å². The van der Waals surface area contributed by atoms with Gasteiger partial charge in [0.15, 0.2) is 6.80 Å². The first-order valence-corrected chi connectivity index (χ1v) is 14.2. The Labute approximate surface area is 198 Å². The van der Waals surface area contributed by atoms with E-state index in [4.69, 9.17) is 0 Å². The molecule has 12 N–H and O–H groups in total. The molecule has 0 rings (SSSR count). The minimum Gasteiger partial charge on any atom is -0.790 e. The van der Waals surface area contributed by atoms with Crippen molar-refractivity contribution in [2.45, 2.75) is 73.1 Å². The summed E-state index contributed by atoms with van der Waals surface area (Å²) in [6.07, 6.45) is 14.3. The van der Waals surface area contributed by atoms with Crippen LogP contribution in [0.25, 0.3) is 0 Å². The number of quaternary nitrogens is 3. The molecule has 0 aromatic heterocycles. The van der Waals surface area contributed by atoms with Gasteiger partial charge in [0.05, 0.1) is 7.82 Å². The molecule has 0 saturated carbocycles. The maximum atomic E-state index is 11.3. The van der Waals surface area contributed by atoms with Gasteiger partial charge in [0.2, 0.25) is 0 Å². The van der Waals surface area contributed by atoms with Crippen LogP contribution in [0.2, 0.25) is 0 Å². The molecule has 32 heavy (non-hydrogen) atoms. The first-order chi connectivity index (χ1) is 13.3. The second-order valence-electron chi connectivity index (χ2n) is 7.32. The Morgan fingerprint density at radius 2 is 1.09 bits per heavy atom. The predicted molar refractivity (Wildman–Crippen MR) is 135 cm³/mol. The fraction of sp³-hybridized carbons (Fsp3) is 0.600. The third-order valence-corrected chi connectivity index (χ3v) is 8.25. The van der Waals surface area contributed by atoms with E-state index in [9.17, 15) is 23.8 Å². The van der Waals surface area contributed by atoms with Crippen LogP contribution >= 0.6 is 26.0 Å².